The molecule has 0 aromatic carbocycles. The van der Waals surface area contributed by atoms with Crippen molar-refractivity contribution >= 4 is 0 Å². The highest BCUT2D eigenvalue weighted by atomic mass is 15.1. The molecule has 0 aromatic rings. The quantitative estimate of drug-likeness (QED) is 0.651. The first kappa shape index (κ1) is 9.01. The summed E-state index contributed by atoms with van der Waals surface area (Å²) < 4.78 is 0. The average Bonchev–Trinajstić information content (AvgIpc) is 2.12. The number of nitrogens with two attached hydrogens (primary N) is 1. The van der Waals surface area contributed by atoms with Crippen LogP contribution in [0.5, 0.6) is 0 Å². The van der Waals surface area contributed by atoms with Crippen LogP contribution in [0.4, 0.5) is 0 Å². The minimum absolute atomic E-state index is 0.00324. The Hall–Kier alpha value is -0.0800. The van der Waals surface area contributed by atoms with Gasteiger partial charge in [-0.15, -0.1) is 0 Å². The minimum Gasteiger partial charge on any atom is -0.326 e. The molecule has 1 heterocycles. The molecule has 1 rings (SSSR count). The zero-order valence-electron chi connectivity index (χ0n) is 7.93. The molecule has 1 aliphatic heterocycles. The fourth-order valence-electron chi connectivity index (χ4n) is 1.84. The van der Waals surface area contributed by atoms with E-state index in [0.29, 0.717) is 0 Å². The SMILES string of the molecule is CN1CCCC1CC(C)(C)N. The Morgan fingerprint density at radius 3 is 2.55 bits per heavy atom. The third kappa shape index (κ3) is 2.80. The van der Waals surface area contributed by atoms with E-state index in [1.165, 1.54) is 19.4 Å². The summed E-state index contributed by atoms with van der Waals surface area (Å²) in [6.07, 6.45) is 3.80. The van der Waals surface area contributed by atoms with Gasteiger partial charge in [0.1, 0.15) is 0 Å². The Morgan fingerprint density at radius 1 is 1.55 bits per heavy atom. The van der Waals surface area contributed by atoms with E-state index in [0.717, 1.165) is 12.5 Å². The van der Waals surface area contributed by atoms with Gasteiger partial charge in [-0.3, -0.25) is 0 Å². The Balaban J connectivity index is 2.37. The summed E-state index contributed by atoms with van der Waals surface area (Å²) in [5.41, 5.74) is 5.95. The molecule has 2 nitrogen and oxygen atoms in total. The highest BCUT2D eigenvalue weighted by Crippen LogP contribution is 2.22. The van der Waals surface area contributed by atoms with Gasteiger partial charge in [0.05, 0.1) is 0 Å². The largest absolute Gasteiger partial charge is 0.326 e. The lowest BCUT2D eigenvalue weighted by Gasteiger charge is -2.27. The van der Waals surface area contributed by atoms with Crippen LogP contribution in [-0.2, 0) is 0 Å². The maximum absolute atomic E-state index is 5.95. The van der Waals surface area contributed by atoms with Gasteiger partial charge in [-0.25, -0.2) is 0 Å². The third-order valence-corrected chi connectivity index (χ3v) is 2.43. The zero-order chi connectivity index (χ0) is 8.48. The normalized spacial score (nSPS) is 27.8. The first-order valence-corrected chi connectivity index (χ1v) is 4.48. The molecule has 0 saturated carbocycles. The number of hydrogen-bond donors (Lipinski definition) is 1. The van der Waals surface area contributed by atoms with Crippen molar-refractivity contribution in [1.29, 1.82) is 0 Å². The van der Waals surface area contributed by atoms with E-state index in [1.807, 2.05) is 0 Å². The topological polar surface area (TPSA) is 29.3 Å². The van der Waals surface area contributed by atoms with E-state index in [1.54, 1.807) is 0 Å². The molecule has 2 heteroatoms. The number of hydrogen-bond acceptors (Lipinski definition) is 2. The predicted molar refractivity (Wildman–Crippen MR) is 48.5 cm³/mol. The van der Waals surface area contributed by atoms with E-state index >= 15 is 0 Å². The summed E-state index contributed by atoms with van der Waals surface area (Å²) in [7, 11) is 2.20. The van der Waals surface area contributed by atoms with Crippen molar-refractivity contribution in [2.45, 2.75) is 44.7 Å². The highest BCUT2D eigenvalue weighted by molar-refractivity contribution is 4.84. The highest BCUT2D eigenvalue weighted by Gasteiger charge is 2.25. The monoisotopic (exact) mass is 156 g/mol. The molecule has 0 aliphatic carbocycles. The van der Waals surface area contributed by atoms with Crippen molar-refractivity contribution in [3.63, 3.8) is 0 Å². The van der Waals surface area contributed by atoms with Gasteiger partial charge in [0.2, 0.25) is 0 Å². The lowest BCUT2D eigenvalue weighted by molar-refractivity contribution is 0.256. The molecule has 0 aromatic heterocycles. The van der Waals surface area contributed by atoms with Gasteiger partial charge in [-0.2, -0.15) is 0 Å². The summed E-state index contributed by atoms with van der Waals surface area (Å²) >= 11 is 0. The van der Waals surface area contributed by atoms with E-state index in [-0.39, 0.29) is 5.54 Å². The van der Waals surface area contributed by atoms with E-state index in [2.05, 4.69) is 25.8 Å². The number of rotatable bonds is 2. The van der Waals surface area contributed by atoms with Crippen LogP contribution in [0.25, 0.3) is 0 Å². The summed E-state index contributed by atoms with van der Waals surface area (Å²) in [6.45, 7) is 5.47. The standard InChI is InChI=1S/C9H20N2/c1-9(2,10)7-8-5-4-6-11(8)3/h8H,4-7,10H2,1-3H3. The van der Waals surface area contributed by atoms with E-state index in [9.17, 15) is 0 Å². The van der Waals surface area contributed by atoms with Crippen LogP contribution >= 0.6 is 0 Å². The smallest absolute Gasteiger partial charge is 0.0112 e. The molecule has 0 amide bonds. The second-order valence-electron chi connectivity index (χ2n) is 4.47. The zero-order valence-corrected chi connectivity index (χ0v) is 7.93. The summed E-state index contributed by atoms with van der Waals surface area (Å²) in [5, 5.41) is 0. The number of nitrogens with zero attached hydrogens (tertiary/aromatic N) is 1. The van der Waals surface area contributed by atoms with Crippen LogP contribution in [0.2, 0.25) is 0 Å². The van der Waals surface area contributed by atoms with Crippen molar-refractivity contribution in [2.24, 2.45) is 5.73 Å². The van der Waals surface area contributed by atoms with E-state index < -0.39 is 0 Å². The molecule has 2 N–H and O–H groups in total. The lowest BCUT2D eigenvalue weighted by Crippen LogP contribution is -2.39. The van der Waals surface area contributed by atoms with Crippen molar-refractivity contribution in [1.82, 2.24) is 4.90 Å². The Bertz CT molecular complexity index is 126. The summed E-state index contributed by atoms with van der Waals surface area (Å²) in [4.78, 5) is 2.43. The minimum atomic E-state index is 0.00324. The van der Waals surface area contributed by atoms with Gasteiger partial charge in [0, 0.05) is 11.6 Å². The van der Waals surface area contributed by atoms with Crippen molar-refractivity contribution < 1.29 is 0 Å². The predicted octanol–water partition coefficient (Wildman–Crippen LogP) is 1.21. The Labute approximate surface area is 69.8 Å². The van der Waals surface area contributed by atoms with Crippen molar-refractivity contribution in [2.75, 3.05) is 13.6 Å². The fourth-order valence-corrected chi connectivity index (χ4v) is 1.84. The van der Waals surface area contributed by atoms with Gasteiger partial charge < -0.3 is 10.6 Å². The Morgan fingerprint density at radius 2 is 2.18 bits per heavy atom. The van der Waals surface area contributed by atoms with Gasteiger partial charge in [0.15, 0.2) is 0 Å². The molecule has 66 valence electrons. The number of likely N-dealkylation sites (tertiary alicyclic amines) is 1. The van der Waals surface area contributed by atoms with Gasteiger partial charge in [-0.1, -0.05) is 0 Å². The molecule has 1 fully saturated rings. The maximum Gasteiger partial charge on any atom is 0.0112 e. The van der Waals surface area contributed by atoms with Crippen LogP contribution in [0.1, 0.15) is 33.1 Å². The van der Waals surface area contributed by atoms with Crippen LogP contribution in [0, 0.1) is 0 Å². The van der Waals surface area contributed by atoms with Crippen LogP contribution < -0.4 is 5.73 Å². The van der Waals surface area contributed by atoms with Gasteiger partial charge in [0.25, 0.3) is 0 Å². The molecule has 11 heavy (non-hydrogen) atoms. The van der Waals surface area contributed by atoms with Gasteiger partial charge in [-0.05, 0) is 46.7 Å². The molecule has 1 atom stereocenters. The van der Waals surface area contributed by atoms with E-state index in [4.69, 9.17) is 5.73 Å². The molecule has 1 aliphatic rings. The van der Waals surface area contributed by atoms with Gasteiger partial charge >= 0.3 is 0 Å². The van der Waals surface area contributed by atoms with Crippen LogP contribution in [0.15, 0.2) is 0 Å². The third-order valence-electron chi connectivity index (χ3n) is 2.43. The molecule has 0 bridgehead atoms. The summed E-state index contributed by atoms with van der Waals surface area (Å²) in [5.74, 6) is 0. The molecule has 1 saturated heterocycles. The first-order valence-electron chi connectivity index (χ1n) is 4.48. The second kappa shape index (κ2) is 3.11. The second-order valence-corrected chi connectivity index (χ2v) is 4.47. The maximum atomic E-state index is 5.95. The fraction of sp³-hybridized carbons (Fsp3) is 1.00. The molecule has 0 spiro atoms. The van der Waals surface area contributed by atoms with Crippen molar-refractivity contribution in [3.05, 3.63) is 0 Å². The molecular weight excluding hydrogens is 136 g/mol. The molecule has 1 unspecified atom stereocenters. The molecule has 0 radical (unpaired) electrons. The summed E-state index contributed by atoms with van der Waals surface area (Å²) in [6, 6.07) is 0.731. The van der Waals surface area contributed by atoms with Crippen LogP contribution in [-0.4, -0.2) is 30.1 Å². The first-order chi connectivity index (χ1) is 4.99. The van der Waals surface area contributed by atoms with Crippen molar-refractivity contribution in [3.8, 4) is 0 Å². The molecular formula is C9H20N2. The Kier molecular flexibility index (Phi) is 2.55. The average molecular weight is 156 g/mol. The lowest BCUT2D eigenvalue weighted by atomic mass is 9.95. The van der Waals surface area contributed by atoms with Crippen LogP contribution in [0.3, 0.4) is 0 Å².